The Hall–Kier alpha value is -2.79. The minimum atomic E-state index is -0.228. The zero-order valence-electron chi connectivity index (χ0n) is 13.9. The molecule has 0 unspecified atom stereocenters. The van der Waals surface area contributed by atoms with Gasteiger partial charge in [0, 0.05) is 24.5 Å². The zero-order chi connectivity index (χ0) is 17.1. The van der Waals surface area contributed by atoms with Gasteiger partial charge in [-0.25, -0.2) is 0 Å². The third-order valence-corrected chi connectivity index (χ3v) is 4.43. The number of hydrogen-bond acceptors (Lipinski definition) is 4. The summed E-state index contributed by atoms with van der Waals surface area (Å²) in [7, 11) is 0. The predicted molar refractivity (Wildman–Crippen MR) is 97.0 cm³/mol. The number of carbonyl (C=O) groups excluding carboxylic acids is 1. The average molecular weight is 336 g/mol. The van der Waals surface area contributed by atoms with Gasteiger partial charge in [0.25, 0.3) is 5.91 Å². The highest BCUT2D eigenvalue weighted by Gasteiger charge is 2.18. The molecule has 25 heavy (non-hydrogen) atoms. The molecule has 2 aliphatic heterocycles. The van der Waals surface area contributed by atoms with E-state index in [1.165, 1.54) is 0 Å². The molecule has 1 N–H and O–H groups in total. The molecule has 0 bridgehead atoms. The van der Waals surface area contributed by atoms with Crippen LogP contribution < -0.4 is 15.0 Å². The lowest BCUT2D eigenvalue weighted by Gasteiger charge is -2.28. The molecule has 0 atom stereocenters. The van der Waals surface area contributed by atoms with Gasteiger partial charge in [-0.1, -0.05) is 18.2 Å². The summed E-state index contributed by atoms with van der Waals surface area (Å²) in [6.07, 6.45) is 2.52. The summed E-state index contributed by atoms with van der Waals surface area (Å²) >= 11 is 0. The highest BCUT2D eigenvalue weighted by molar-refractivity contribution is 6.02. The minimum absolute atomic E-state index is 0.228. The Morgan fingerprint density at radius 3 is 2.56 bits per heavy atom. The first-order valence-corrected chi connectivity index (χ1v) is 8.49. The zero-order valence-corrected chi connectivity index (χ0v) is 13.9. The molecule has 2 aromatic rings. The number of ether oxygens (including phenoxy) is 2. The summed E-state index contributed by atoms with van der Waals surface area (Å²) in [6.45, 7) is 3.30. The van der Waals surface area contributed by atoms with Gasteiger partial charge in [0.15, 0.2) is 5.76 Å². The van der Waals surface area contributed by atoms with Crippen LogP contribution in [0.3, 0.4) is 0 Å². The number of hydrogen-bond donors (Lipinski definition) is 1. The number of benzene rings is 2. The van der Waals surface area contributed by atoms with Gasteiger partial charge in [0.1, 0.15) is 5.75 Å². The first kappa shape index (κ1) is 15.7. The van der Waals surface area contributed by atoms with E-state index in [-0.39, 0.29) is 5.91 Å². The van der Waals surface area contributed by atoms with Crippen molar-refractivity contribution in [2.45, 2.75) is 6.42 Å². The number of carbonyl (C=O) groups is 1. The number of amides is 1. The SMILES string of the molecule is O=C(Nc1ccc(N2CCOCC2)cc1)C1=CCc2ccccc2O1. The lowest BCUT2D eigenvalue weighted by atomic mass is 10.1. The molecule has 0 spiro atoms. The second-order valence-electron chi connectivity index (χ2n) is 6.08. The van der Waals surface area contributed by atoms with E-state index in [4.69, 9.17) is 9.47 Å². The standard InChI is InChI=1S/C20H20N2O3/c23-20(19-10-5-15-3-1-2-4-18(15)25-19)21-16-6-8-17(9-7-16)22-11-13-24-14-12-22/h1-4,6-10H,5,11-14H2,(H,21,23). The van der Waals surface area contributed by atoms with Crippen LogP contribution in [0.15, 0.2) is 60.4 Å². The fourth-order valence-electron chi connectivity index (χ4n) is 3.04. The summed E-state index contributed by atoms with van der Waals surface area (Å²) < 4.78 is 11.1. The van der Waals surface area contributed by atoms with Crippen LogP contribution in [0.2, 0.25) is 0 Å². The maximum absolute atomic E-state index is 12.4. The predicted octanol–water partition coefficient (Wildman–Crippen LogP) is 2.98. The average Bonchev–Trinajstić information content (AvgIpc) is 2.69. The molecule has 0 radical (unpaired) electrons. The van der Waals surface area contributed by atoms with Crippen molar-refractivity contribution in [1.82, 2.24) is 0 Å². The topological polar surface area (TPSA) is 50.8 Å². The molecule has 4 rings (SSSR count). The lowest BCUT2D eigenvalue weighted by Crippen LogP contribution is -2.36. The summed E-state index contributed by atoms with van der Waals surface area (Å²) in [4.78, 5) is 14.7. The van der Waals surface area contributed by atoms with Crippen molar-refractivity contribution in [1.29, 1.82) is 0 Å². The van der Waals surface area contributed by atoms with Crippen molar-refractivity contribution < 1.29 is 14.3 Å². The number of nitrogens with zero attached hydrogens (tertiary/aromatic N) is 1. The highest BCUT2D eigenvalue weighted by Crippen LogP contribution is 2.26. The molecule has 1 amide bonds. The molecular weight excluding hydrogens is 316 g/mol. The molecule has 5 nitrogen and oxygen atoms in total. The van der Waals surface area contributed by atoms with Crippen LogP contribution in [-0.4, -0.2) is 32.2 Å². The normalized spacial score (nSPS) is 16.5. The first-order valence-electron chi connectivity index (χ1n) is 8.49. The molecular formula is C20H20N2O3. The molecule has 2 aromatic carbocycles. The number of rotatable bonds is 3. The molecule has 5 heteroatoms. The van der Waals surface area contributed by atoms with Gasteiger partial charge in [-0.3, -0.25) is 4.79 Å². The van der Waals surface area contributed by atoms with E-state index in [0.717, 1.165) is 49.0 Å². The summed E-state index contributed by atoms with van der Waals surface area (Å²) in [6, 6.07) is 15.6. The molecule has 1 fully saturated rings. The van der Waals surface area contributed by atoms with E-state index in [2.05, 4.69) is 10.2 Å². The van der Waals surface area contributed by atoms with Gasteiger partial charge < -0.3 is 19.7 Å². The number of fused-ring (bicyclic) bond motifs is 1. The quantitative estimate of drug-likeness (QED) is 0.936. The second-order valence-corrected chi connectivity index (χ2v) is 6.08. The molecule has 0 saturated carbocycles. The minimum Gasteiger partial charge on any atom is -0.452 e. The smallest absolute Gasteiger partial charge is 0.291 e. The fraction of sp³-hybridized carbons (Fsp3) is 0.250. The Morgan fingerprint density at radius 1 is 1.00 bits per heavy atom. The maximum Gasteiger partial charge on any atom is 0.291 e. The van der Waals surface area contributed by atoms with Gasteiger partial charge in [-0.05, 0) is 48.4 Å². The Bertz CT molecular complexity index is 793. The van der Waals surface area contributed by atoms with Crippen LogP contribution in [0, 0.1) is 0 Å². The highest BCUT2D eigenvalue weighted by atomic mass is 16.5. The van der Waals surface area contributed by atoms with Crippen molar-refractivity contribution in [3.63, 3.8) is 0 Å². The van der Waals surface area contributed by atoms with Gasteiger partial charge in [0.05, 0.1) is 13.2 Å². The van der Waals surface area contributed by atoms with Crippen molar-refractivity contribution >= 4 is 17.3 Å². The third kappa shape index (κ3) is 3.51. The number of anilines is 2. The number of morpholine rings is 1. The fourth-order valence-corrected chi connectivity index (χ4v) is 3.04. The van der Waals surface area contributed by atoms with Gasteiger partial charge in [0.2, 0.25) is 0 Å². The van der Waals surface area contributed by atoms with Crippen molar-refractivity contribution in [3.8, 4) is 5.75 Å². The molecule has 128 valence electrons. The van der Waals surface area contributed by atoms with Gasteiger partial charge in [-0.2, -0.15) is 0 Å². The molecule has 0 aromatic heterocycles. The largest absolute Gasteiger partial charge is 0.452 e. The first-order chi connectivity index (χ1) is 12.3. The molecule has 2 aliphatic rings. The van der Waals surface area contributed by atoms with E-state index in [1.54, 1.807) is 0 Å². The number of para-hydroxylation sites is 1. The van der Waals surface area contributed by atoms with Gasteiger partial charge in [-0.15, -0.1) is 0 Å². The Morgan fingerprint density at radius 2 is 1.76 bits per heavy atom. The van der Waals surface area contributed by atoms with Crippen LogP contribution in [0.1, 0.15) is 5.56 Å². The van der Waals surface area contributed by atoms with Crippen molar-refractivity contribution in [2.24, 2.45) is 0 Å². The summed E-state index contributed by atoms with van der Waals surface area (Å²) in [5.41, 5.74) is 2.99. The third-order valence-electron chi connectivity index (χ3n) is 4.43. The molecule has 0 aliphatic carbocycles. The molecule has 1 saturated heterocycles. The van der Waals surface area contributed by atoms with E-state index in [0.29, 0.717) is 12.2 Å². The van der Waals surface area contributed by atoms with E-state index in [9.17, 15) is 4.79 Å². The maximum atomic E-state index is 12.4. The van der Waals surface area contributed by atoms with Crippen LogP contribution in [0.5, 0.6) is 5.75 Å². The van der Waals surface area contributed by atoms with Crippen LogP contribution >= 0.6 is 0 Å². The van der Waals surface area contributed by atoms with E-state index < -0.39 is 0 Å². The van der Waals surface area contributed by atoms with E-state index >= 15 is 0 Å². The monoisotopic (exact) mass is 336 g/mol. The number of nitrogens with one attached hydrogen (secondary N) is 1. The lowest BCUT2D eigenvalue weighted by molar-refractivity contribution is -0.114. The van der Waals surface area contributed by atoms with Crippen molar-refractivity contribution in [3.05, 3.63) is 65.9 Å². The Kier molecular flexibility index (Phi) is 4.39. The second kappa shape index (κ2) is 6.99. The Labute approximate surface area is 146 Å². The Balaban J connectivity index is 1.40. The van der Waals surface area contributed by atoms with Crippen LogP contribution in [-0.2, 0) is 16.0 Å². The molecule has 2 heterocycles. The van der Waals surface area contributed by atoms with E-state index in [1.807, 2.05) is 54.6 Å². The van der Waals surface area contributed by atoms with Crippen LogP contribution in [0.4, 0.5) is 11.4 Å². The van der Waals surface area contributed by atoms with Gasteiger partial charge >= 0.3 is 0 Å². The van der Waals surface area contributed by atoms with Crippen molar-refractivity contribution in [2.75, 3.05) is 36.5 Å². The van der Waals surface area contributed by atoms with Crippen LogP contribution in [0.25, 0.3) is 0 Å². The summed E-state index contributed by atoms with van der Waals surface area (Å²) in [5.74, 6) is 0.863. The number of allylic oxidation sites excluding steroid dienone is 1. The summed E-state index contributed by atoms with van der Waals surface area (Å²) in [5, 5.41) is 2.90.